The Morgan fingerprint density at radius 1 is 1.43 bits per heavy atom. The van der Waals surface area contributed by atoms with E-state index in [1.807, 2.05) is 6.92 Å². The molecule has 0 amide bonds. The predicted octanol–water partition coefficient (Wildman–Crippen LogP) is 1.57. The fourth-order valence-corrected chi connectivity index (χ4v) is 3.02. The van der Waals surface area contributed by atoms with Crippen LogP contribution in [-0.2, 0) is 20.6 Å². The monoisotopic (exact) mass is 334 g/mol. The lowest BCUT2D eigenvalue weighted by molar-refractivity contribution is -0.384. The highest BCUT2D eigenvalue weighted by atomic mass is 32.2. The smallest absolute Gasteiger partial charge is 0.293 e. The second kappa shape index (κ2) is 6.99. The van der Waals surface area contributed by atoms with Crippen LogP contribution in [0.5, 0.6) is 0 Å². The summed E-state index contributed by atoms with van der Waals surface area (Å²) in [6, 6.07) is 3.64. The molecule has 1 aromatic rings. The van der Waals surface area contributed by atoms with Crippen molar-refractivity contribution in [2.24, 2.45) is 0 Å². The summed E-state index contributed by atoms with van der Waals surface area (Å²) in [6.07, 6.45) is 3.18. The van der Waals surface area contributed by atoms with Crippen LogP contribution >= 0.6 is 0 Å². The first-order chi connectivity index (χ1) is 9.61. The molecular weight excluding hydrogens is 316 g/mol. The van der Waals surface area contributed by atoms with Crippen molar-refractivity contribution >= 4 is 32.0 Å². The van der Waals surface area contributed by atoms with Gasteiger partial charge in [-0.05, 0) is 25.5 Å². The highest BCUT2D eigenvalue weighted by molar-refractivity contribution is 7.90. The van der Waals surface area contributed by atoms with Crippen molar-refractivity contribution in [2.45, 2.75) is 24.3 Å². The van der Waals surface area contributed by atoms with Gasteiger partial charge in [-0.2, -0.15) is 0 Å². The molecular formula is C12H18N2O5S2. The van der Waals surface area contributed by atoms with Gasteiger partial charge >= 0.3 is 0 Å². The molecule has 7 nitrogen and oxygen atoms in total. The van der Waals surface area contributed by atoms with E-state index in [2.05, 4.69) is 5.32 Å². The van der Waals surface area contributed by atoms with E-state index in [1.54, 1.807) is 6.26 Å². The highest BCUT2D eigenvalue weighted by Crippen LogP contribution is 2.28. The van der Waals surface area contributed by atoms with Crippen LogP contribution in [0.3, 0.4) is 0 Å². The summed E-state index contributed by atoms with van der Waals surface area (Å²) in [5.41, 5.74) is -0.0378. The van der Waals surface area contributed by atoms with Gasteiger partial charge < -0.3 is 5.32 Å². The Morgan fingerprint density at radius 3 is 2.52 bits per heavy atom. The molecule has 0 saturated heterocycles. The summed E-state index contributed by atoms with van der Waals surface area (Å²) in [7, 11) is -4.42. The van der Waals surface area contributed by atoms with Crippen molar-refractivity contribution in [2.75, 3.05) is 23.6 Å². The van der Waals surface area contributed by atoms with Crippen molar-refractivity contribution in [3.05, 3.63) is 28.3 Å². The maximum atomic E-state index is 11.4. The van der Waals surface area contributed by atoms with E-state index < -0.39 is 25.6 Å². The van der Waals surface area contributed by atoms with Crippen molar-refractivity contribution in [3.63, 3.8) is 0 Å². The third kappa shape index (κ3) is 5.43. The van der Waals surface area contributed by atoms with Gasteiger partial charge in [-0.15, -0.1) is 0 Å². The zero-order chi connectivity index (χ0) is 16.2. The third-order valence-electron chi connectivity index (χ3n) is 2.83. The van der Waals surface area contributed by atoms with Crippen LogP contribution in [0, 0.1) is 10.1 Å². The predicted molar refractivity (Wildman–Crippen MR) is 82.8 cm³/mol. The van der Waals surface area contributed by atoms with Crippen molar-refractivity contribution in [1.29, 1.82) is 0 Å². The van der Waals surface area contributed by atoms with Gasteiger partial charge in [-0.3, -0.25) is 14.3 Å². The number of nitro benzene ring substituents is 1. The Morgan fingerprint density at radius 2 is 2.05 bits per heavy atom. The largest absolute Gasteiger partial charge is 0.377 e. The molecule has 2 unspecified atom stereocenters. The van der Waals surface area contributed by atoms with E-state index in [-0.39, 0.29) is 22.3 Å². The molecule has 0 aromatic heterocycles. The molecule has 0 radical (unpaired) electrons. The SMILES string of the molecule is CC(CCS(C)=O)Nc1ccc(S(C)(=O)=O)cc1[N+](=O)[O-]. The van der Waals surface area contributed by atoms with Crippen LogP contribution in [-0.4, -0.2) is 41.9 Å². The van der Waals surface area contributed by atoms with Gasteiger partial charge in [0, 0.05) is 41.2 Å². The highest BCUT2D eigenvalue weighted by Gasteiger charge is 2.19. The van der Waals surface area contributed by atoms with E-state index in [4.69, 9.17) is 0 Å². The van der Waals surface area contributed by atoms with Gasteiger partial charge in [0.15, 0.2) is 9.84 Å². The molecule has 0 heterocycles. The van der Waals surface area contributed by atoms with Crippen molar-refractivity contribution in [3.8, 4) is 0 Å². The number of nitrogens with zero attached hydrogens (tertiary/aromatic N) is 1. The molecule has 1 N–H and O–H groups in total. The Bertz CT molecular complexity index is 658. The number of anilines is 1. The van der Waals surface area contributed by atoms with Crippen molar-refractivity contribution < 1.29 is 17.6 Å². The van der Waals surface area contributed by atoms with Gasteiger partial charge in [0.05, 0.1) is 9.82 Å². The molecule has 9 heteroatoms. The molecule has 0 aliphatic rings. The molecule has 21 heavy (non-hydrogen) atoms. The fourth-order valence-electron chi connectivity index (χ4n) is 1.70. The van der Waals surface area contributed by atoms with Crippen LogP contribution in [0.2, 0.25) is 0 Å². The second-order valence-corrected chi connectivity index (χ2v) is 8.39. The quantitative estimate of drug-likeness (QED) is 0.599. The third-order valence-corrected chi connectivity index (χ3v) is 4.76. The van der Waals surface area contributed by atoms with Gasteiger partial charge in [0.1, 0.15) is 5.69 Å². The molecule has 0 saturated carbocycles. The number of nitrogens with one attached hydrogen (secondary N) is 1. The lowest BCUT2D eigenvalue weighted by atomic mass is 10.2. The summed E-state index contributed by atoms with van der Waals surface area (Å²) < 4.78 is 33.9. The molecule has 118 valence electrons. The van der Waals surface area contributed by atoms with Crippen LogP contribution in [0.4, 0.5) is 11.4 Å². The Kier molecular flexibility index (Phi) is 5.85. The zero-order valence-electron chi connectivity index (χ0n) is 12.0. The maximum Gasteiger partial charge on any atom is 0.293 e. The molecule has 0 bridgehead atoms. The van der Waals surface area contributed by atoms with E-state index >= 15 is 0 Å². The minimum absolute atomic E-state index is 0.0953. The van der Waals surface area contributed by atoms with Gasteiger partial charge in [-0.1, -0.05) is 0 Å². The van der Waals surface area contributed by atoms with E-state index in [9.17, 15) is 22.7 Å². The average molecular weight is 334 g/mol. The second-order valence-electron chi connectivity index (χ2n) is 4.82. The topological polar surface area (TPSA) is 106 Å². The lowest BCUT2D eigenvalue weighted by Gasteiger charge is -2.15. The number of benzene rings is 1. The molecule has 0 fully saturated rings. The van der Waals surface area contributed by atoms with E-state index in [1.165, 1.54) is 12.1 Å². The molecule has 0 spiro atoms. The maximum absolute atomic E-state index is 11.4. The van der Waals surface area contributed by atoms with E-state index in [0.717, 1.165) is 12.3 Å². The summed E-state index contributed by atoms with van der Waals surface area (Å²) in [5, 5.41) is 14.0. The molecule has 0 aliphatic carbocycles. The lowest BCUT2D eigenvalue weighted by Crippen LogP contribution is -2.18. The minimum atomic E-state index is -3.50. The van der Waals surface area contributed by atoms with Gasteiger partial charge in [-0.25, -0.2) is 8.42 Å². The summed E-state index contributed by atoms with van der Waals surface area (Å²) in [4.78, 5) is 10.4. The number of hydrogen-bond acceptors (Lipinski definition) is 6. The minimum Gasteiger partial charge on any atom is -0.377 e. The molecule has 1 aromatic carbocycles. The van der Waals surface area contributed by atoms with Crippen LogP contribution in [0.1, 0.15) is 13.3 Å². The summed E-state index contributed by atoms with van der Waals surface area (Å²) in [6.45, 7) is 1.82. The Balaban J connectivity index is 3.02. The van der Waals surface area contributed by atoms with Gasteiger partial charge in [0.2, 0.25) is 0 Å². The molecule has 2 atom stereocenters. The normalized spacial score (nSPS) is 14.4. The molecule has 0 aliphatic heterocycles. The first-order valence-corrected chi connectivity index (χ1v) is 9.78. The van der Waals surface area contributed by atoms with Crippen LogP contribution in [0.15, 0.2) is 23.1 Å². The molecule has 1 rings (SSSR count). The van der Waals surface area contributed by atoms with Crippen molar-refractivity contribution in [1.82, 2.24) is 0 Å². The van der Waals surface area contributed by atoms with Crippen LogP contribution in [0.25, 0.3) is 0 Å². The van der Waals surface area contributed by atoms with Gasteiger partial charge in [0.25, 0.3) is 5.69 Å². The average Bonchev–Trinajstić information content (AvgIpc) is 2.35. The number of hydrogen-bond donors (Lipinski definition) is 1. The zero-order valence-corrected chi connectivity index (χ0v) is 13.7. The first-order valence-electron chi connectivity index (χ1n) is 6.16. The van der Waals surface area contributed by atoms with Crippen LogP contribution < -0.4 is 5.32 Å². The van der Waals surface area contributed by atoms with E-state index in [0.29, 0.717) is 12.2 Å². The summed E-state index contributed by atoms with van der Waals surface area (Å²) >= 11 is 0. The number of sulfone groups is 1. The number of rotatable bonds is 7. The summed E-state index contributed by atoms with van der Waals surface area (Å²) in [5.74, 6) is 0.489. The Hall–Kier alpha value is -1.48. The fraction of sp³-hybridized carbons (Fsp3) is 0.500. The first kappa shape index (κ1) is 17.6. The Labute approximate surface area is 126 Å². The number of nitro groups is 1. The standard InChI is InChI=1S/C12H18N2O5S2/c1-9(6-7-20(2)17)13-11-5-4-10(21(3,18)19)8-12(11)14(15)16/h4-5,8-9,13H,6-7H2,1-3H3.